The molecule has 1 saturated heterocycles. The zero-order valence-corrected chi connectivity index (χ0v) is 11.3. The first kappa shape index (κ1) is 13.0. The van der Waals surface area contributed by atoms with Crippen molar-refractivity contribution >= 4 is 46.9 Å². The van der Waals surface area contributed by atoms with Crippen LogP contribution in [0.2, 0.25) is 0 Å². The smallest absolute Gasteiger partial charge is 0.225 e. The summed E-state index contributed by atoms with van der Waals surface area (Å²) in [5.74, 6) is 2.08. The van der Waals surface area contributed by atoms with Gasteiger partial charge < -0.3 is 10.2 Å². The third-order valence-corrected chi connectivity index (χ3v) is 3.78. The van der Waals surface area contributed by atoms with E-state index in [1.54, 1.807) is 0 Å². The van der Waals surface area contributed by atoms with E-state index in [1.165, 1.54) is 0 Å². The van der Waals surface area contributed by atoms with E-state index in [9.17, 15) is 4.79 Å². The summed E-state index contributed by atoms with van der Waals surface area (Å²) in [6.07, 6.45) is 0.590. The van der Waals surface area contributed by atoms with Gasteiger partial charge in [-0.05, 0) is 36.5 Å². The van der Waals surface area contributed by atoms with Crippen molar-refractivity contribution in [2.75, 3.05) is 28.9 Å². The van der Waals surface area contributed by atoms with E-state index in [0.717, 1.165) is 34.7 Å². The first-order chi connectivity index (χ1) is 8.79. The Kier molecular flexibility index (Phi) is 4.66. The molecule has 0 bridgehead atoms. The summed E-state index contributed by atoms with van der Waals surface area (Å²) in [7, 11) is 0. The Hall–Kier alpha value is -1.47. The zero-order chi connectivity index (χ0) is 12.8. The van der Waals surface area contributed by atoms with Gasteiger partial charge in [0.1, 0.15) is 0 Å². The number of nitrogens with zero attached hydrogens (tertiary/aromatic N) is 1. The summed E-state index contributed by atoms with van der Waals surface area (Å²) in [6, 6.07) is 7.54. The molecule has 3 N–H and O–H groups in total. The lowest BCUT2D eigenvalue weighted by Gasteiger charge is -2.19. The van der Waals surface area contributed by atoms with E-state index >= 15 is 0 Å². The standard InChI is InChI=1S/C11H14N4OS2/c16-7-12-14-10-3-1-9(2-4-10)13-11(17)15-5-6-18-8-15/h1-4,7,14H,5-6,8H2,(H,12,16)(H,13,17). The van der Waals surface area contributed by atoms with Gasteiger partial charge >= 0.3 is 0 Å². The Bertz CT molecular complexity index is 418. The van der Waals surface area contributed by atoms with Crippen LogP contribution in [-0.2, 0) is 4.79 Å². The van der Waals surface area contributed by atoms with Crippen molar-refractivity contribution in [2.45, 2.75) is 0 Å². The number of hydrogen-bond acceptors (Lipinski definition) is 4. The molecule has 1 amide bonds. The lowest BCUT2D eigenvalue weighted by Crippen LogP contribution is -2.31. The van der Waals surface area contributed by atoms with Crippen molar-refractivity contribution < 1.29 is 4.79 Å². The second kappa shape index (κ2) is 6.46. The summed E-state index contributed by atoms with van der Waals surface area (Å²) < 4.78 is 0. The highest BCUT2D eigenvalue weighted by Gasteiger charge is 2.14. The van der Waals surface area contributed by atoms with Crippen LogP contribution < -0.4 is 16.2 Å². The van der Waals surface area contributed by atoms with E-state index in [2.05, 4.69) is 21.1 Å². The van der Waals surface area contributed by atoms with Crippen molar-refractivity contribution in [3.05, 3.63) is 24.3 Å². The van der Waals surface area contributed by atoms with E-state index in [1.807, 2.05) is 36.0 Å². The second-order valence-electron chi connectivity index (χ2n) is 3.70. The number of benzene rings is 1. The summed E-state index contributed by atoms with van der Waals surface area (Å²) in [6.45, 7) is 0.999. The van der Waals surface area contributed by atoms with Crippen molar-refractivity contribution in [3.8, 4) is 0 Å². The number of rotatable bonds is 4. The van der Waals surface area contributed by atoms with Crippen molar-refractivity contribution in [2.24, 2.45) is 0 Å². The number of nitrogens with one attached hydrogen (secondary N) is 3. The Morgan fingerprint density at radius 3 is 2.67 bits per heavy atom. The monoisotopic (exact) mass is 282 g/mol. The maximum atomic E-state index is 10.1. The summed E-state index contributed by atoms with van der Waals surface area (Å²) in [4.78, 5) is 12.3. The molecular weight excluding hydrogens is 268 g/mol. The number of hydrogen-bond donors (Lipinski definition) is 3. The Morgan fingerprint density at radius 1 is 1.33 bits per heavy atom. The summed E-state index contributed by atoms with van der Waals surface area (Å²) >= 11 is 7.21. The molecule has 0 aliphatic carbocycles. The Labute approximate surface area is 115 Å². The van der Waals surface area contributed by atoms with Crippen molar-refractivity contribution in [1.82, 2.24) is 10.3 Å². The van der Waals surface area contributed by atoms with Crippen molar-refractivity contribution in [3.63, 3.8) is 0 Å². The molecule has 1 aromatic rings. The molecule has 0 atom stereocenters. The SMILES string of the molecule is O=CNNc1ccc(NC(=S)N2CCSC2)cc1. The molecule has 96 valence electrons. The molecule has 1 aliphatic rings. The van der Waals surface area contributed by atoms with Gasteiger partial charge in [-0.3, -0.25) is 15.6 Å². The zero-order valence-electron chi connectivity index (χ0n) is 9.68. The van der Waals surface area contributed by atoms with E-state index in [-0.39, 0.29) is 0 Å². The molecule has 1 aliphatic heterocycles. The van der Waals surface area contributed by atoms with E-state index in [4.69, 9.17) is 12.2 Å². The largest absolute Gasteiger partial charge is 0.339 e. The number of hydrazine groups is 1. The molecule has 18 heavy (non-hydrogen) atoms. The van der Waals surface area contributed by atoms with E-state index < -0.39 is 0 Å². The molecule has 0 radical (unpaired) electrons. The van der Waals surface area contributed by atoms with Gasteiger partial charge in [-0.2, -0.15) is 0 Å². The van der Waals surface area contributed by atoms with Gasteiger partial charge in [0.05, 0.1) is 11.6 Å². The fourth-order valence-electron chi connectivity index (χ4n) is 1.53. The van der Waals surface area contributed by atoms with Gasteiger partial charge in [0.25, 0.3) is 0 Å². The minimum atomic E-state index is 0.590. The lowest BCUT2D eigenvalue weighted by molar-refractivity contribution is -0.109. The highest BCUT2D eigenvalue weighted by molar-refractivity contribution is 7.99. The Morgan fingerprint density at radius 2 is 2.06 bits per heavy atom. The van der Waals surface area contributed by atoms with Crippen LogP contribution in [0.3, 0.4) is 0 Å². The van der Waals surface area contributed by atoms with Gasteiger partial charge in [0, 0.05) is 18.0 Å². The highest BCUT2D eigenvalue weighted by Crippen LogP contribution is 2.17. The molecule has 5 nitrogen and oxygen atoms in total. The van der Waals surface area contributed by atoms with Crippen LogP contribution in [0.4, 0.5) is 11.4 Å². The van der Waals surface area contributed by atoms with E-state index in [0.29, 0.717) is 6.41 Å². The van der Waals surface area contributed by atoms with Crippen LogP contribution in [0, 0.1) is 0 Å². The summed E-state index contributed by atoms with van der Waals surface area (Å²) in [5.41, 5.74) is 6.87. The van der Waals surface area contributed by atoms with Gasteiger partial charge in [0.15, 0.2) is 5.11 Å². The van der Waals surface area contributed by atoms with Gasteiger partial charge in [-0.15, -0.1) is 11.8 Å². The number of carbonyl (C=O) groups is 1. The lowest BCUT2D eigenvalue weighted by atomic mass is 10.3. The molecule has 0 spiro atoms. The van der Waals surface area contributed by atoms with Crippen LogP contribution in [0.5, 0.6) is 0 Å². The number of anilines is 2. The van der Waals surface area contributed by atoms with Crippen LogP contribution in [0.25, 0.3) is 0 Å². The Balaban J connectivity index is 1.89. The van der Waals surface area contributed by atoms with Crippen molar-refractivity contribution in [1.29, 1.82) is 0 Å². The van der Waals surface area contributed by atoms with Crippen LogP contribution in [0.1, 0.15) is 0 Å². The number of thiocarbonyl (C=S) groups is 1. The molecule has 1 aromatic carbocycles. The second-order valence-corrected chi connectivity index (χ2v) is 5.16. The molecule has 2 rings (SSSR count). The van der Waals surface area contributed by atoms with Gasteiger partial charge in [-0.1, -0.05) is 0 Å². The maximum Gasteiger partial charge on any atom is 0.225 e. The maximum absolute atomic E-state index is 10.1. The molecule has 1 heterocycles. The third kappa shape index (κ3) is 3.51. The number of thioether (sulfide) groups is 1. The first-order valence-corrected chi connectivity index (χ1v) is 7.05. The van der Waals surface area contributed by atoms with Gasteiger partial charge in [0.2, 0.25) is 6.41 Å². The van der Waals surface area contributed by atoms with Gasteiger partial charge in [-0.25, -0.2) is 0 Å². The van der Waals surface area contributed by atoms with Crippen LogP contribution in [0.15, 0.2) is 24.3 Å². The predicted octanol–water partition coefficient (Wildman–Crippen LogP) is 1.46. The highest BCUT2D eigenvalue weighted by atomic mass is 32.2. The topological polar surface area (TPSA) is 56.4 Å². The molecular formula is C11H14N4OS2. The normalized spacial score (nSPS) is 14.1. The third-order valence-electron chi connectivity index (χ3n) is 2.45. The molecule has 0 aromatic heterocycles. The average Bonchev–Trinajstić information content (AvgIpc) is 2.92. The van der Waals surface area contributed by atoms with Crippen LogP contribution >= 0.6 is 24.0 Å². The summed E-state index contributed by atoms with van der Waals surface area (Å²) in [5, 5.41) is 3.95. The first-order valence-electron chi connectivity index (χ1n) is 5.48. The van der Waals surface area contributed by atoms with Crippen LogP contribution in [-0.4, -0.2) is 34.6 Å². The molecule has 0 unspecified atom stereocenters. The molecule has 1 fully saturated rings. The molecule has 7 heteroatoms. The molecule has 0 saturated carbocycles. The minimum absolute atomic E-state index is 0.590. The number of carbonyl (C=O) groups excluding carboxylic acids is 1. The average molecular weight is 282 g/mol. The minimum Gasteiger partial charge on any atom is -0.339 e. The fraction of sp³-hybridized carbons (Fsp3) is 0.273. The number of amides is 1. The fourth-order valence-corrected chi connectivity index (χ4v) is 2.84. The quantitative estimate of drug-likeness (QED) is 0.442. The predicted molar refractivity (Wildman–Crippen MR) is 79.5 cm³/mol.